The van der Waals surface area contributed by atoms with Gasteiger partial charge in [0, 0.05) is 12.8 Å². The SMILES string of the molecule is CCCC(C)OC(=O)CC/C=C/CCCCCCCCCCCCCCC(=O)OC(C)CCC. The molecule has 0 aromatic heterocycles. The quantitative estimate of drug-likeness (QED) is 0.0784. The van der Waals surface area contributed by atoms with Crippen LogP contribution in [0.25, 0.3) is 0 Å². The number of unbranched alkanes of at least 4 members (excludes halogenated alkanes) is 12. The van der Waals surface area contributed by atoms with Gasteiger partial charge in [-0.05, 0) is 52.4 Å². The fraction of sp³-hybridized carbons (Fsp3) is 0.867. The minimum absolute atomic E-state index is 0.0218. The number of hydrogen-bond donors (Lipinski definition) is 0. The molecule has 0 fully saturated rings. The van der Waals surface area contributed by atoms with Crippen molar-refractivity contribution in [2.45, 2.75) is 168 Å². The van der Waals surface area contributed by atoms with Gasteiger partial charge in [-0.15, -0.1) is 0 Å². The maximum Gasteiger partial charge on any atom is 0.306 e. The van der Waals surface area contributed by atoms with Gasteiger partial charge in [0.2, 0.25) is 0 Å². The first kappa shape index (κ1) is 32.7. The molecule has 34 heavy (non-hydrogen) atoms. The van der Waals surface area contributed by atoms with Crippen molar-refractivity contribution in [1.29, 1.82) is 0 Å². The summed E-state index contributed by atoms with van der Waals surface area (Å²) in [6, 6.07) is 0. The zero-order valence-electron chi connectivity index (χ0n) is 23.1. The third-order valence-corrected chi connectivity index (χ3v) is 6.24. The highest BCUT2D eigenvalue weighted by molar-refractivity contribution is 5.69. The molecule has 2 unspecified atom stereocenters. The van der Waals surface area contributed by atoms with Gasteiger partial charge in [-0.1, -0.05) is 103 Å². The second-order valence-corrected chi connectivity index (χ2v) is 9.97. The minimum atomic E-state index is -0.0694. The number of ether oxygens (including phenoxy) is 2. The Bertz CT molecular complexity index is 500. The Labute approximate surface area is 211 Å². The summed E-state index contributed by atoms with van der Waals surface area (Å²) in [7, 11) is 0. The lowest BCUT2D eigenvalue weighted by molar-refractivity contribution is -0.149. The maximum absolute atomic E-state index is 11.7. The normalized spacial score (nSPS) is 13.2. The predicted octanol–water partition coefficient (Wildman–Crippen LogP) is 9.25. The molecule has 4 nitrogen and oxygen atoms in total. The number of hydrogen-bond acceptors (Lipinski definition) is 4. The summed E-state index contributed by atoms with van der Waals surface area (Å²) in [5.41, 5.74) is 0. The largest absolute Gasteiger partial charge is 0.463 e. The molecule has 2 atom stereocenters. The van der Waals surface area contributed by atoms with E-state index in [0.29, 0.717) is 12.8 Å². The van der Waals surface area contributed by atoms with Crippen LogP contribution in [0.1, 0.15) is 156 Å². The van der Waals surface area contributed by atoms with Gasteiger partial charge < -0.3 is 9.47 Å². The average Bonchev–Trinajstić information content (AvgIpc) is 2.78. The monoisotopic (exact) mass is 480 g/mol. The van der Waals surface area contributed by atoms with Crippen molar-refractivity contribution in [1.82, 2.24) is 0 Å². The summed E-state index contributed by atoms with van der Waals surface area (Å²) >= 11 is 0. The van der Waals surface area contributed by atoms with Gasteiger partial charge in [0.25, 0.3) is 0 Å². The predicted molar refractivity (Wildman–Crippen MR) is 144 cm³/mol. The molecule has 0 aliphatic carbocycles. The Morgan fingerprint density at radius 3 is 1.41 bits per heavy atom. The van der Waals surface area contributed by atoms with Crippen LogP contribution in [-0.4, -0.2) is 24.1 Å². The van der Waals surface area contributed by atoms with Gasteiger partial charge in [0.15, 0.2) is 0 Å². The fourth-order valence-corrected chi connectivity index (χ4v) is 4.23. The number of rotatable bonds is 24. The third-order valence-electron chi connectivity index (χ3n) is 6.24. The molecule has 0 N–H and O–H groups in total. The third kappa shape index (κ3) is 23.8. The number of carbonyl (C=O) groups excluding carboxylic acids is 2. The molecule has 4 heteroatoms. The second-order valence-electron chi connectivity index (χ2n) is 9.97. The molecule has 0 aromatic carbocycles. The van der Waals surface area contributed by atoms with Crippen molar-refractivity contribution >= 4 is 11.9 Å². The Hall–Kier alpha value is -1.32. The van der Waals surface area contributed by atoms with Crippen LogP contribution in [0.15, 0.2) is 12.2 Å². The molecular formula is C30H56O4. The summed E-state index contributed by atoms with van der Waals surface area (Å²) < 4.78 is 10.7. The Morgan fingerprint density at radius 2 is 0.941 bits per heavy atom. The molecule has 0 spiro atoms. The fourth-order valence-electron chi connectivity index (χ4n) is 4.23. The summed E-state index contributed by atoms with van der Waals surface area (Å²) in [4.78, 5) is 23.4. The molecule has 0 saturated heterocycles. The molecule has 0 aliphatic rings. The highest BCUT2D eigenvalue weighted by Crippen LogP contribution is 2.14. The van der Waals surface area contributed by atoms with Crippen LogP contribution < -0.4 is 0 Å². The second kappa shape index (κ2) is 24.8. The standard InChI is InChI=1S/C30H56O4/c1-5-23-27(3)33-29(31)25-21-19-17-15-13-11-9-7-8-10-12-14-16-18-20-22-26-30(32)34-28(4)24-6-2/h17,19,27-28H,5-16,18,20-26H2,1-4H3/b19-17+. The van der Waals surface area contributed by atoms with E-state index in [1.165, 1.54) is 64.2 Å². The average molecular weight is 481 g/mol. The number of carbonyl (C=O) groups is 2. The topological polar surface area (TPSA) is 52.6 Å². The lowest BCUT2D eigenvalue weighted by atomic mass is 10.0. The highest BCUT2D eigenvalue weighted by atomic mass is 16.5. The Morgan fingerprint density at radius 1 is 0.559 bits per heavy atom. The van der Waals surface area contributed by atoms with Crippen molar-refractivity contribution in [2.75, 3.05) is 0 Å². The lowest BCUT2D eigenvalue weighted by Crippen LogP contribution is -2.14. The molecule has 0 radical (unpaired) electrons. The van der Waals surface area contributed by atoms with Gasteiger partial charge in [-0.25, -0.2) is 0 Å². The molecule has 0 amide bonds. The van der Waals surface area contributed by atoms with Crippen LogP contribution in [0.4, 0.5) is 0 Å². The smallest absolute Gasteiger partial charge is 0.306 e. The van der Waals surface area contributed by atoms with Crippen LogP contribution in [0.3, 0.4) is 0 Å². The van der Waals surface area contributed by atoms with Crippen LogP contribution in [0.2, 0.25) is 0 Å². The first-order chi connectivity index (χ1) is 16.5. The molecule has 0 aliphatic heterocycles. The number of esters is 2. The van der Waals surface area contributed by atoms with E-state index in [1.54, 1.807) is 0 Å². The van der Waals surface area contributed by atoms with Gasteiger partial charge in [-0.2, -0.15) is 0 Å². The van der Waals surface area contributed by atoms with Gasteiger partial charge >= 0.3 is 11.9 Å². The molecule has 0 aromatic rings. The van der Waals surface area contributed by atoms with Crippen molar-refractivity contribution in [2.24, 2.45) is 0 Å². The van der Waals surface area contributed by atoms with E-state index < -0.39 is 0 Å². The number of allylic oxidation sites excluding steroid dienone is 2. The van der Waals surface area contributed by atoms with Crippen LogP contribution >= 0.6 is 0 Å². The van der Waals surface area contributed by atoms with Crippen molar-refractivity contribution in [3.8, 4) is 0 Å². The Kier molecular flexibility index (Phi) is 23.8. The van der Waals surface area contributed by atoms with Crippen molar-refractivity contribution in [3.05, 3.63) is 12.2 Å². The van der Waals surface area contributed by atoms with Gasteiger partial charge in [-0.3, -0.25) is 9.59 Å². The molecule has 200 valence electrons. The zero-order valence-corrected chi connectivity index (χ0v) is 23.1. The van der Waals surface area contributed by atoms with Gasteiger partial charge in [0.1, 0.15) is 0 Å². The van der Waals surface area contributed by atoms with E-state index in [9.17, 15) is 9.59 Å². The first-order valence-electron chi connectivity index (χ1n) is 14.5. The van der Waals surface area contributed by atoms with Crippen molar-refractivity contribution in [3.63, 3.8) is 0 Å². The van der Waals surface area contributed by atoms with E-state index in [1.807, 2.05) is 13.8 Å². The van der Waals surface area contributed by atoms with E-state index in [2.05, 4.69) is 26.0 Å². The van der Waals surface area contributed by atoms with Crippen molar-refractivity contribution < 1.29 is 19.1 Å². The summed E-state index contributed by atoms with van der Waals surface area (Å²) in [6.07, 6.45) is 26.8. The minimum Gasteiger partial charge on any atom is -0.463 e. The lowest BCUT2D eigenvalue weighted by Gasteiger charge is -2.11. The van der Waals surface area contributed by atoms with E-state index in [-0.39, 0.29) is 24.1 Å². The van der Waals surface area contributed by atoms with Crippen LogP contribution in [-0.2, 0) is 19.1 Å². The summed E-state index contributed by atoms with van der Waals surface area (Å²) in [5, 5.41) is 0. The molecule has 0 bridgehead atoms. The molecule has 0 saturated carbocycles. The van der Waals surface area contributed by atoms with Crippen LogP contribution in [0, 0.1) is 0 Å². The Balaban J connectivity index is 3.30. The maximum atomic E-state index is 11.7. The molecule has 0 heterocycles. The van der Waals surface area contributed by atoms with E-state index in [0.717, 1.165) is 51.4 Å². The highest BCUT2D eigenvalue weighted by Gasteiger charge is 2.08. The zero-order chi connectivity index (χ0) is 25.3. The molecule has 0 rings (SSSR count). The van der Waals surface area contributed by atoms with Gasteiger partial charge in [0.05, 0.1) is 12.2 Å². The van der Waals surface area contributed by atoms with E-state index >= 15 is 0 Å². The summed E-state index contributed by atoms with van der Waals surface area (Å²) in [6.45, 7) is 8.18. The molecular weight excluding hydrogens is 424 g/mol. The summed E-state index contributed by atoms with van der Waals surface area (Å²) in [5.74, 6) is -0.0912. The van der Waals surface area contributed by atoms with Crippen LogP contribution in [0.5, 0.6) is 0 Å². The van der Waals surface area contributed by atoms with E-state index in [4.69, 9.17) is 9.47 Å². The first-order valence-corrected chi connectivity index (χ1v) is 14.5.